The molecule has 28 heavy (non-hydrogen) atoms. The summed E-state index contributed by atoms with van der Waals surface area (Å²) in [6, 6.07) is 7.31. The predicted octanol–water partition coefficient (Wildman–Crippen LogP) is 2.83. The number of hydrogen-bond donors (Lipinski definition) is 1. The van der Waals surface area contributed by atoms with Gasteiger partial charge in [-0.15, -0.1) is 11.6 Å². The topological polar surface area (TPSA) is 67.9 Å². The van der Waals surface area contributed by atoms with Gasteiger partial charge in [0.15, 0.2) is 0 Å². The van der Waals surface area contributed by atoms with Crippen LogP contribution in [0.5, 0.6) is 0 Å². The number of rotatable bonds is 7. The number of halogens is 1. The van der Waals surface area contributed by atoms with E-state index < -0.39 is 10.0 Å². The molecule has 1 aromatic carbocycles. The quantitative estimate of drug-likeness (QED) is 0.536. The van der Waals surface area contributed by atoms with Gasteiger partial charge in [0.25, 0.3) is 10.0 Å². The van der Waals surface area contributed by atoms with Crippen LogP contribution in [0.4, 0.5) is 5.69 Å². The standard InChI is InChI=1S/C20H27ClN2O4S/c1-14-17(21)9-8-16-19(22-10-11-27-13-12-26-3)15-6-4-5-7-18(15)23(2)28(24,25)20(14)16/h4-9,14,17,19,22H,10-13H2,1-3H3. The lowest BCUT2D eigenvalue weighted by Crippen LogP contribution is -2.33. The van der Waals surface area contributed by atoms with Crippen LogP contribution in [0.1, 0.15) is 18.5 Å². The molecule has 3 unspecified atom stereocenters. The number of ether oxygens (including phenoxy) is 2. The Hall–Kier alpha value is -1.38. The Morgan fingerprint density at radius 1 is 1.21 bits per heavy atom. The van der Waals surface area contributed by atoms with Crippen LogP contribution in [0.3, 0.4) is 0 Å². The van der Waals surface area contributed by atoms with Crippen molar-refractivity contribution < 1.29 is 17.9 Å². The van der Waals surface area contributed by atoms with Crippen molar-refractivity contribution in [1.82, 2.24) is 5.32 Å². The van der Waals surface area contributed by atoms with Crippen molar-refractivity contribution in [1.29, 1.82) is 0 Å². The molecule has 6 nitrogen and oxygen atoms in total. The molecule has 0 bridgehead atoms. The van der Waals surface area contributed by atoms with E-state index in [0.29, 0.717) is 37.0 Å². The summed E-state index contributed by atoms with van der Waals surface area (Å²) in [4.78, 5) is 0.381. The Morgan fingerprint density at radius 3 is 2.71 bits per heavy atom. The predicted molar refractivity (Wildman–Crippen MR) is 112 cm³/mol. The lowest BCUT2D eigenvalue weighted by atomic mass is 9.89. The second kappa shape index (κ2) is 8.97. The summed E-state index contributed by atoms with van der Waals surface area (Å²) in [6.07, 6.45) is 3.72. The third-order valence-corrected chi connectivity index (χ3v) is 7.80. The van der Waals surface area contributed by atoms with Crippen LogP contribution in [0.15, 0.2) is 46.9 Å². The number of fused-ring (bicyclic) bond motifs is 1. The van der Waals surface area contributed by atoms with Crippen LogP contribution in [0.2, 0.25) is 0 Å². The molecule has 0 amide bonds. The van der Waals surface area contributed by atoms with E-state index >= 15 is 0 Å². The van der Waals surface area contributed by atoms with Crippen LogP contribution < -0.4 is 9.62 Å². The fourth-order valence-electron chi connectivity index (χ4n) is 3.68. The van der Waals surface area contributed by atoms with Crippen molar-refractivity contribution in [3.63, 3.8) is 0 Å². The van der Waals surface area contributed by atoms with Crippen molar-refractivity contribution in [3.05, 3.63) is 52.5 Å². The lowest BCUT2D eigenvalue weighted by Gasteiger charge is -2.29. The summed E-state index contributed by atoms with van der Waals surface area (Å²) >= 11 is 6.39. The molecule has 1 heterocycles. The summed E-state index contributed by atoms with van der Waals surface area (Å²) < 4.78 is 38.7. The molecular formula is C20H27ClN2O4S. The van der Waals surface area contributed by atoms with Gasteiger partial charge in [-0.1, -0.05) is 37.3 Å². The third-order valence-electron chi connectivity index (χ3n) is 5.20. The number of methoxy groups -OCH3 is 1. The van der Waals surface area contributed by atoms with Crippen LogP contribution in [-0.4, -0.2) is 54.3 Å². The number of nitrogens with zero attached hydrogens (tertiary/aromatic N) is 1. The Labute approximate surface area is 172 Å². The molecule has 154 valence electrons. The third kappa shape index (κ3) is 4.00. The van der Waals surface area contributed by atoms with Crippen LogP contribution in [-0.2, 0) is 19.5 Å². The van der Waals surface area contributed by atoms with Crippen molar-refractivity contribution in [3.8, 4) is 0 Å². The van der Waals surface area contributed by atoms with Crippen LogP contribution in [0.25, 0.3) is 0 Å². The van der Waals surface area contributed by atoms with E-state index in [9.17, 15) is 8.42 Å². The summed E-state index contributed by atoms with van der Waals surface area (Å²) in [5.74, 6) is -0.314. The van der Waals surface area contributed by atoms with Gasteiger partial charge in [-0.25, -0.2) is 8.42 Å². The lowest BCUT2D eigenvalue weighted by molar-refractivity contribution is 0.0714. The van der Waals surface area contributed by atoms with E-state index in [1.165, 1.54) is 4.31 Å². The van der Waals surface area contributed by atoms with E-state index in [0.717, 1.165) is 11.1 Å². The first-order valence-corrected chi connectivity index (χ1v) is 11.2. The summed E-state index contributed by atoms with van der Waals surface area (Å²) in [6.45, 7) is 4.01. The Balaban J connectivity index is 1.99. The fraction of sp³-hybridized carbons (Fsp3) is 0.500. The average Bonchev–Trinajstić information content (AvgIpc) is 2.75. The van der Waals surface area contributed by atoms with Crippen LogP contribution in [0, 0.1) is 5.92 Å². The number of hydrogen-bond acceptors (Lipinski definition) is 5. The minimum atomic E-state index is -3.68. The minimum Gasteiger partial charge on any atom is -0.382 e. The molecule has 0 fully saturated rings. The molecule has 0 saturated carbocycles. The van der Waals surface area contributed by atoms with Crippen molar-refractivity contribution in [2.24, 2.45) is 5.92 Å². The van der Waals surface area contributed by atoms with E-state index in [2.05, 4.69) is 5.32 Å². The first-order chi connectivity index (χ1) is 13.4. The van der Waals surface area contributed by atoms with Gasteiger partial charge < -0.3 is 14.8 Å². The van der Waals surface area contributed by atoms with Crippen LogP contribution >= 0.6 is 11.6 Å². The second-order valence-corrected chi connectivity index (χ2v) is 9.38. The van der Waals surface area contributed by atoms with Crippen molar-refractivity contribution >= 4 is 27.3 Å². The maximum atomic E-state index is 13.4. The first-order valence-electron chi connectivity index (χ1n) is 9.33. The highest BCUT2D eigenvalue weighted by atomic mass is 35.5. The van der Waals surface area contributed by atoms with Crippen molar-refractivity contribution in [2.75, 3.05) is 44.8 Å². The molecule has 1 aromatic rings. The molecule has 0 aromatic heterocycles. The smallest absolute Gasteiger partial charge is 0.260 e. The largest absolute Gasteiger partial charge is 0.382 e. The average molecular weight is 427 g/mol. The van der Waals surface area contributed by atoms with Crippen molar-refractivity contribution in [2.45, 2.75) is 18.3 Å². The zero-order valence-corrected chi connectivity index (χ0v) is 18.0. The summed E-state index contributed by atoms with van der Waals surface area (Å²) in [5.41, 5.74) is 2.33. The number of allylic oxidation sites excluding steroid dienone is 2. The molecule has 1 aliphatic heterocycles. The Bertz CT molecular complexity index is 869. The molecule has 1 aliphatic carbocycles. The van der Waals surface area contributed by atoms with Gasteiger partial charge in [0.1, 0.15) is 0 Å². The maximum Gasteiger partial charge on any atom is 0.260 e. The highest BCUT2D eigenvalue weighted by Crippen LogP contribution is 2.45. The van der Waals surface area contributed by atoms with E-state index in [1.54, 1.807) is 14.2 Å². The Morgan fingerprint density at radius 2 is 1.96 bits per heavy atom. The van der Waals surface area contributed by atoms with E-state index in [4.69, 9.17) is 21.1 Å². The molecule has 0 spiro atoms. The number of sulfonamides is 1. The molecule has 2 aliphatic rings. The van der Waals surface area contributed by atoms with E-state index in [-0.39, 0.29) is 17.3 Å². The van der Waals surface area contributed by atoms with Gasteiger partial charge in [-0.05, 0) is 17.2 Å². The monoisotopic (exact) mass is 426 g/mol. The van der Waals surface area contributed by atoms with Gasteiger partial charge in [-0.2, -0.15) is 0 Å². The highest BCUT2D eigenvalue weighted by molar-refractivity contribution is 7.96. The molecule has 8 heteroatoms. The number of alkyl halides is 1. The Kier molecular flexibility index (Phi) is 6.83. The SMILES string of the molecule is COCCOCCNC1C2=C(C(C)C(Cl)C=C2)S(=O)(=O)N(C)c2ccccc21. The molecule has 3 atom stereocenters. The minimum absolute atomic E-state index is 0.264. The summed E-state index contributed by atoms with van der Waals surface area (Å²) in [7, 11) is -0.445. The van der Waals surface area contributed by atoms with Gasteiger partial charge in [-0.3, -0.25) is 4.31 Å². The summed E-state index contributed by atoms with van der Waals surface area (Å²) in [5, 5.41) is 3.12. The van der Waals surface area contributed by atoms with Gasteiger partial charge in [0.05, 0.1) is 41.8 Å². The number of benzene rings is 1. The zero-order valence-electron chi connectivity index (χ0n) is 16.4. The van der Waals surface area contributed by atoms with Gasteiger partial charge in [0.2, 0.25) is 0 Å². The molecule has 3 rings (SSSR count). The highest BCUT2D eigenvalue weighted by Gasteiger charge is 2.41. The molecular weight excluding hydrogens is 400 g/mol. The number of para-hydroxylation sites is 1. The second-order valence-electron chi connectivity index (χ2n) is 6.94. The molecule has 1 N–H and O–H groups in total. The van der Waals surface area contributed by atoms with Gasteiger partial charge in [0, 0.05) is 26.6 Å². The van der Waals surface area contributed by atoms with Gasteiger partial charge >= 0.3 is 0 Å². The molecule has 0 radical (unpaired) electrons. The number of anilines is 1. The zero-order chi connectivity index (χ0) is 20.3. The van der Waals surface area contributed by atoms with E-state index in [1.807, 2.05) is 43.3 Å². The molecule has 0 saturated heterocycles. The number of nitrogens with one attached hydrogen (secondary N) is 1. The normalized spacial score (nSPS) is 26.0. The first kappa shape index (κ1) is 21.3. The fourth-order valence-corrected chi connectivity index (χ4v) is 5.77. The maximum absolute atomic E-state index is 13.4.